The van der Waals surface area contributed by atoms with E-state index in [4.69, 9.17) is 0 Å². The van der Waals surface area contributed by atoms with Gasteiger partial charge in [0.2, 0.25) is 0 Å². The van der Waals surface area contributed by atoms with Gasteiger partial charge in [-0.2, -0.15) is 8.78 Å². The fourth-order valence-electron chi connectivity index (χ4n) is 3.53. The topological polar surface area (TPSA) is 42.3 Å². The number of hydrogen-bond acceptors (Lipinski definition) is 4. The quantitative estimate of drug-likeness (QED) is 0.900. The Bertz CT molecular complexity index is 709. The molecule has 5 nitrogen and oxygen atoms in total. The summed E-state index contributed by atoms with van der Waals surface area (Å²) >= 11 is 0. The number of aryl methyl sites for hydroxylation is 3. The Hall–Kier alpha value is -1.99. The van der Waals surface area contributed by atoms with E-state index in [9.17, 15) is 8.78 Å². The van der Waals surface area contributed by atoms with Crippen molar-refractivity contribution in [2.24, 2.45) is 7.05 Å². The highest BCUT2D eigenvalue weighted by Crippen LogP contribution is 2.29. The van der Waals surface area contributed by atoms with Crippen LogP contribution < -0.4 is 10.1 Å². The molecule has 1 aromatic carbocycles. The molecule has 1 aliphatic heterocycles. The summed E-state index contributed by atoms with van der Waals surface area (Å²) in [4.78, 5) is 6.87. The zero-order chi connectivity index (χ0) is 18.0. The molecule has 2 heterocycles. The summed E-state index contributed by atoms with van der Waals surface area (Å²) in [6.45, 7) is 4.23. The third-order valence-electron chi connectivity index (χ3n) is 4.62. The van der Waals surface area contributed by atoms with Crippen LogP contribution in [0.25, 0.3) is 0 Å². The molecule has 1 fully saturated rings. The number of piperazine rings is 1. The summed E-state index contributed by atoms with van der Waals surface area (Å²) in [5.41, 5.74) is 2.57. The minimum atomic E-state index is -2.80. The second-order valence-electron chi connectivity index (χ2n) is 6.52. The molecule has 3 rings (SSSR count). The Kier molecular flexibility index (Phi) is 5.34. The van der Waals surface area contributed by atoms with Crippen LogP contribution in [0.1, 0.15) is 28.6 Å². The van der Waals surface area contributed by atoms with E-state index in [1.54, 1.807) is 0 Å². The van der Waals surface area contributed by atoms with Crippen LogP contribution >= 0.6 is 0 Å². The molecule has 1 aliphatic rings. The minimum absolute atomic E-state index is 0.186. The fraction of sp³-hybridized carbons (Fsp3) is 0.500. The summed E-state index contributed by atoms with van der Waals surface area (Å²) in [5.74, 6) is 1.30. The number of rotatable bonds is 5. The number of benzene rings is 1. The molecule has 0 spiro atoms. The highest BCUT2D eigenvalue weighted by Gasteiger charge is 2.27. The van der Waals surface area contributed by atoms with Crippen molar-refractivity contribution in [2.45, 2.75) is 33.0 Å². The summed E-state index contributed by atoms with van der Waals surface area (Å²) in [7, 11) is 2.00. The number of imidazole rings is 1. The molecular formula is C18H24F2N4O. The SMILES string of the molecule is Cc1cc(CN2CCNCC2c2nccn2C)cc(C)c1OC(F)F. The van der Waals surface area contributed by atoms with Gasteiger partial charge in [0.15, 0.2) is 0 Å². The Labute approximate surface area is 146 Å². The average molecular weight is 350 g/mol. The Morgan fingerprint density at radius 3 is 2.64 bits per heavy atom. The van der Waals surface area contributed by atoms with Crippen LogP contribution in [-0.4, -0.2) is 40.7 Å². The summed E-state index contributed by atoms with van der Waals surface area (Å²) in [5, 5.41) is 3.42. The van der Waals surface area contributed by atoms with Crippen molar-refractivity contribution < 1.29 is 13.5 Å². The number of ether oxygens (including phenoxy) is 1. The molecule has 1 aromatic heterocycles. The lowest BCUT2D eigenvalue weighted by Gasteiger charge is -2.36. The smallest absolute Gasteiger partial charge is 0.387 e. The lowest BCUT2D eigenvalue weighted by Crippen LogP contribution is -2.46. The normalized spacial score (nSPS) is 18.7. The van der Waals surface area contributed by atoms with E-state index in [2.05, 4.69) is 19.9 Å². The third-order valence-corrected chi connectivity index (χ3v) is 4.62. The molecule has 136 valence electrons. The second-order valence-corrected chi connectivity index (χ2v) is 6.52. The molecule has 0 aliphatic carbocycles. The summed E-state index contributed by atoms with van der Waals surface area (Å²) in [6.07, 6.45) is 3.76. The highest BCUT2D eigenvalue weighted by atomic mass is 19.3. The van der Waals surface area contributed by atoms with Crippen molar-refractivity contribution in [1.29, 1.82) is 0 Å². The first-order chi connectivity index (χ1) is 12.0. The molecule has 0 bridgehead atoms. The van der Waals surface area contributed by atoms with Crippen LogP contribution in [0.4, 0.5) is 8.78 Å². The van der Waals surface area contributed by atoms with Gasteiger partial charge in [0.25, 0.3) is 0 Å². The number of nitrogens with one attached hydrogen (secondary N) is 1. The van der Waals surface area contributed by atoms with Gasteiger partial charge >= 0.3 is 6.61 Å². The lowest BCUT2D eigenvalue weighted by molar-refractivity contribution is -0.0507. The van der Waals surface area contributed by atoms with Gasteiger partial charge < -0.3 is 14.6 Å². The van der Waals surface area contributed by atoms with Gasteiger partial charge in [-0.1, -0.05) is 12.1 Å². The number of nitrogens with zero attached hydrogens (tertiary/aromatic N) is 3. The van der Waals surface area contributed by atoms with Gasteiger partial charge in [-0.05, 0) is 30.5 Å². The minimum Gasteiger partial charge on any atom is -0.434 e. The number of hydrogen-bond donors (Lipinski definition) is 1. The van der Waals surface area contributed by atoms with Crippen molar-refractivity contribution in [3.63, 3.8) is 0 Å². The first-order valence-electron chi connectivity index (χ1n) is 8.42. The first-order valence-corrected chi connectivity index (χ1v) is 8.42. The van der Waals surface area contributed by atoms with Crippen molar-refractivity contribution in [2.75, 3.05) is 19.6 Å². The largest absolute Gasteiger partial charge is 0.434 e. The van der Waals surface area contributed by atoms with E-state index in [0.717, 1.165) is 48.7 Å². The zero-order valence-corrected chi connectivity index (χ0v) is 14.8. The number of halogens is 2. The van der Waals surface area contributed by atoms with Crippen molar-refractivity contribution in [3.8, 4) is 5.75 Å². The van der Waals surface area contributed by atoms with Gasteiger partial charge in [-0.15, -0.1) is 0 Å². The molecule has 0 saturated carbocycles. The molecule has 1 N–H and O–H groups in total. The Morgan fingerprint density at radius 2 is 2.04 bits per heavy atom. The zero-order valence-electron chi connectivity index (χ0n) is 14.8. The lowest BCUT2D eigenvalue weighted by atomic mass is 10.0. The maximum absolute atomic E-state index is 12.6. The summed E-state index contributed by atoms with van der Waals surface area (Å²) in [6, 6.07) is 4.05. The van der Waals surface area contributed by atoms with Crippen molar-refractivity contribution >= 4 is 0 Å². The van der Waals surface area contributed by atoms with E-state index in [0.29, 0.717) is 0 Å². The molecule has 7 heteroatoms. The number of alkyl halides is 2. The van der Waals surface area contributed by atoms with Gasteiger partial charge in [-0.3, -0.25) is 4.90 Å². The fourth-order valence-corrected chi connectivity index (χ4v) is 3.53. The first kappa shape index (κ1) is 17.8. The molecule has 1 atom stereocenters. The van der Waals surface area contributed by atoms with E-state index in [-0.39, 0.29) is 11.8 Å². The van der Waals surface area contributed by atoms with Crippen LogP contribution in [0.3, 0.4) is 0 Å². The molecule has 0 amide bonds. The predicted octanol–water partition coefficient (Wildman–Crippen LogP) is 2.78. The molecule has 1 saturated heterocycles. The molecule has 2 aromatic rings. The standard InChI is InChI=1S/C18H24F2N4O/c1-12-8-14(9-13(2)16(12)25-18(19)20)11-24-7-4-21-10-15(24)17-22-5-6-23(17)3/h5-6,8-9,15,18,21H,4,7,10-11H2,1-3H3. The maximum atomic E-state index is 12.6. The van der Waals surface area contributed by atoms with Crippen molar-refractivity contribution in [1.82, 2.24) is 19.8 Å². The molecule has 25 heavy (non-hydrogen) atoms. The molecular weight excluding hydrogens is 326 g/mol. The monoisotopic (exact) mass is 350 g/mol. The Balaban J connectivity index is 1.81. The molecule has 0 radical (unpaired) electrons. The predicted molar refractivity (Wildman–Crippen MR) is 91.8 cm³/mol. The van der Waals surface area contributed by atoms with Gasteiger partial charge in [0.05, 0.1) is 6.04 Å². The average Bonchev–Trinajstić information content (AvgIpc) is 2.97. The van der Waals surface area contributed by atoms with Crippen LogP contribution in [0.15, 0.2) is 24.5 Å². The van der Waals surface area contributed by atoms with E-state index in [1.165, 1.54) is 0 Å². The van der Waals surface area contributed by atoms with E-state index < -0.39 is 6.61 Å². The molecule has 1 unspecified atom stereocenters. The van der Waals surface area contributed by atoms with Crippen molar-refractivity contribution in [3.05, 3.63) is 47.0 Å². The Morgan fingerprint density at radius 1 is 1.32 bits per heavy atom. The third kappa shape index (κ3) is 3.99. The van der Waals surface area contributed by atoms with E-state index >= 15 is 0 Å². The van der Waals surface area contributed by atoms with Gasteiger partial charge in [0, 0.05) is 45.6 Å². The highest BCUT2D eigenvalue weighted by molar-refractivity contribution is 5.43. The van der Waals surface area contributed by atoms with Crippen LogP contribution in [0.5, 0.6) is 5.75 Å². The van der Waals surface area contributed by atoms with Gasteiger partial charge in [-0.25, -0.2) is 4.98 Å². The van der Waals surface area contributed by atoms with Crippen LogP contribution in [0.2, 0.25) is 0 Å². The second kappa shape index (κ2) is 7.49. The maximum Gasteiger partial charge on any atom is 0.387 e. The number of aromatic nitrogens is 2. The van der Waals surface area contributed by atoms with Crippen LogP contribution in [-0.2, 0) is 13.6 Å². The van der Waals surface area contributed by atoms with Gasteiger partial charge in [0.1, 0.15) is 11.6 Å². The van der Waals surface area contributed by atoms with Crippen LogP contribution in [0, 0.1) is 13.8 Å². The van der Waals surface area contributed by atoms with E-state index in [1.807, 2.05) is 50.0 Å². The summed E-state index contributed by atoms with van der Waals surface area (Å²) < 4.78 is 31.8.